The maximum absolute atomic E-state index is 12.6. The lowest BCUT2D eigenvalue weighted by Crippen LogP contribution is -2.40. The zero-order valence-electron chi connectivity index (χ0n) is 11.2. The van der Waals surface area contributed by atoms with Gasteiger partial charge >= 0.3 is 6.09 Å². The number of carbonyl (C=O) groups is 2. The Morgan fingerprint density at radius 1 is 1.38 bits per heavy atom. The van der Waals surface area contributed by atoms with Crippen LogP contribution in [-0.4, -0.2) is 32.9 Å². The fourth-order valence-electron chi connectivity index (χ4n) is 2.49. The largest absolute Gasteiger partial charge is 0.508 e. The molecular formula is C14H13Cl2NO4. The average Bonchev–Trinajstić information content (AvgIpc) is 2.77. The number of ether oxygens (including phenoxy) is 1. The first-order valence-electron chi connectivity index (χ1n) is 6.43. The highest BCUT2D eigenvalue weighted by molar-refractivity contribution is 6.53. The van der Waals surface area contributed by atoms with Gasteiger partial charge in [0.05, 0.1) is 5.41 Å². The van der Waals surface area contributed by atoms with E-state index in [4.69, 9.17) is 27.9 Å². The van der Waals surface area contributed by atoms with Gasteiger partial charge in [0.15, 0.2) is 0 Å². The van der Waals surface area contributed by atoms with E-state index < -0.39 is 27.8 Å². The summed E-state index contributed by atoms with van der Waals surface area (Å²) in [6.45, 7) is 1.71. The summed E-state index contributed by atoms with van der Waals surface area (Å²) in [5.41, 5.74) is -0.278. The standard InChI is InChI=1S/C14H13Cl2NO4/c1-13(7-14(13,15)16)11(19)17-10(6-21-12(17)20)8-2-4-9(18)5-3-8/h2-5,10,18H,6-7H2,1H3/t10-,13-/m0/s1. The second-order valence-corrected chi connectivity index (χ2v) is 7.06. The molecular weight excluding hydrogens is 317 g/mol. The van der Waals surface area contributed by atoms with Gasteiger partial charge in [-0.1, -0.05) is 12.1 Å². The van der Waals surface area contributed by atoms with Gasteiger partial charge in [-0.05, 0) is 31.0 Å². The fourth-order valence-corrected chi connectivity index (χ4v) is 3.18. The van der Waals surface area contributed by atoms with E-state index in [1.54, 1.807) is 19.1 Å². The lowest BCUT2D eigenvalue weighted by atomic mass is 10.0. The van der Waals surface area contributed by atoms with Gasteiger partial charge < -0.3 is 9.84 Å². The second-order valence-electron chi connectivity index (χ2n) is 5.57. The number of alkyl halides is 2. The maximum atomic E-state index is 12.6. The zero-order valence-corrected chi connectivity index (χ0v) is 12.7. The monoisotopic (exact) mass is 329 g/mol. The number of hydrogen-bond donors (Lipinski definition) is 1. The third kappa shape index (κ3) is 2.15. The molecule has 1 aliphatic heterocycles. The zero-order chi connectivity index (χ0) is 15.4. The lowest BCUT2D eigenvalue weighted by molar-refractivity contribution is -0.134. The highest BCUT2D eigenvalue weighted by Crippen LogP contribution is 2.65. The van der Waals surface area contributed by atoms with Crippen LogP contribution in [0.15, 0.2) is 24.3 Å². The predicted molar refractivity (Wildman–Crippen MR) is 76.2 cm³/mol. The first-order valence-corrected chi connectivity index (χ1v) is 7.19. The molecule has 1 N–H and O–H groups in total. The highest BCUT2D eigenvalue weighted by Gasteiger charge is 2.70. The van der Waals surface area contributed by atoms with Gasteiger partial charge in [-0.25, -0.2) is 9.69 Å². The Kier molecular flexibility index (Phi) is 3.11. The normalized spacial score (nSPS) is 30.1. The van der Waals surface area contributed by atoms with Gasteiger partial charge in [-0.15, -0.1) is 23.2 Å². The van der Waals surface area contributed by atoms with Crippen molar-refractivity contribution in [3.05, 3.63) is 29.8 Å². The molecule has 2 atom stereocenters. The van der Waals surface area contributed by atoms with Crippen LogP contribution in [0, 0.1) is 5.41 Å². The van der Waals surface area contributed by atoms with Gasteiger partial charge in [0.1, 0.15) is 22.7 Å². The van der Waals surface area contributed by atoms with Crippen molar-refractivity contribution in [3.63, 3.8) is 0 Å². The van der Waals surface area contributed by atoms with Crippen LogP contribution in [0.5, 0.6) is 5.75 Å². The van der Waals surface area contributed by atoms with Gasteiger partial charge in [-0.3, -0.25) is 4.79 Å². The Labute approximate surface area is 131 Å². The number of nitrogens with zero attached hydrogens (tertiary/aromatic N) is 1. The first kappa shape index (κ1) is 14.5. The molecule has 0 spiro atoms. The Morgan fingerprint density at radius 2 is 1.95 bits per heavy atom. The molecule has 2 amide bonds. The van der Waals surface area contributed by atoms with Crippen LogP contribution < -0.4 is 0 Å². The number of phenols is 1. The number of hydrogen-bond acceptors (Lipinski definition) is 4. The van der Waals surface area contributed by atoms with Crippen molar-refractivity contribution >= 4 is 35.2 Å². The van der Waals surface area contributed by atoms with Crippen LogP contribution in [-0.2, 0) is 9.53 Å². The van der Waals surface area contributed by atoms with E-state index in [0.717, 1.165) is 4.90 Å². The van der Waals surface area contributed by atoms with Crippen LogP contribution >= 0.6 is 23.2 Å². The molecule has 0 aromatic heterocycles. The van der Waals surface area contributed by atoms with Crippen LogP contribution in [0.25, 0.3) is 0 Å². The summed E-state index contributed by atoms with van der Waals surface area (Å²) in [5, 5.41) is 9.32. The van der Waals surface area contributed by atoms with E-state index in [2.05, 4.69) is 0 Å². The maximum Gasteiger partial charge on any atom is 0.417 e. The molecule has 112 valence electrons. The Balaban J connectivity index is 1.90. The molecule has 7 heteroatoms. The van der Waals surface area contributed by atoms with E-state index >= 15 is 0 Å². The number of phenolic OH excluding ortho intramolecular Hbond substituents is 1. The van der Waals surface area contributed by atoms with Crippen molar-refractivity contribution in [3.8, 4) is 5.75 Å². The number of aromatic hydroxyl groups is 1. The first-order chi connectivity index (χ1) is 9.76. The van der Waals surface area contributed by atoms with Crippen molar-refractivity contribution in [2.24, 2.45) is 5.41 Å². The quantitative estimate of drug-likeness (QED) is 0.847. The Morgan fingerprint density at radius 3 is 2.48 bits per heavy atom. The molecule has 1 heterocycles. The van der Waals surface area contributed by atoms with Crippen molar-refractivity contribution in [2.75, 3.05) is 6.61 Å². The molecule has 2 fully saturated rings. The molecule has 1 saturated carbocycles. The summed E-state index contributed by atoms with van der Waals surface area (Å²) < 4.78 is 3.85. The number of imide groups is 1. The Hall–Kier alpha value is -1.46. The molecule has 0 radical (unpaired) electrons. The average molecular weight is 330 g/mol. The molecule has 1 aromatic carbocycles. The van der Waals surface area contributed by atoms with Crippen LogP contribution in [0.4, 0.5) is 4.79 Å². The third-order valence-corrected chi connectivity index (χ3v) is 5.20. The van der Waals surface area contributed by atoms with Crippen molar-refractivity contribution < 1.29 is 19.4 Å². The summed E-state index contributed by atoms with van der Waals surface area (Å²) in [4.78, 5) is 25.6. The summed E-state index contributed by atoms with van der Waals surface area (Å²) >= 11 is 12.0. The number of amides is 2. The molecule has 1 saturated heterocycles. The lowest BCUT2D eigenvalue weighted by Gasteiger charge is -2.23. The summed E-state index contributed by atoms with van der Waals surface area (Å²) in [5.74, 6) is -0.329. The van der Waals surface area contributed by atoms with Crippen molar-refractivity contribution in [1.82, 2.24) is 4.90 Å². The topological polar surface area (TPSA) is 66.8 Å². The minimum atomic E-state index is -1.15. The van der Waals surface area contributed by atoms with Gasteiger partial charge in [0.25, 0.3) is 0 Å². The molecule has 3 rings (SSSR count). The number of cyclic esters (lactones) is 1. The number of carbonyl (C=O) groups excluding carboxylic acids is 2. The van der Waals surface area contributed by atoms with Crippen molar-refractivity contribution in [2.45, 2.75) is 23.7 Å². The Bertz CT molecular complexity index is 616. The van der Waals surface area contributed by atoms with E-state index in [1.807, 2.05) is 0 Å². The SMILES string of the molecule is C[C@@]1(C(=O)N2C(=O)OC[C@H]2c2ccc(O)cc2)CC1(Cl)Cl. The van der Waals surface area contributed by atoms with E-state index in [0.29, 0.717) is 12.0 Å². The summed E-state index contributed by atoms with van der Waals surface area (Å²) in [6, 6.07) is 5.74. The number of benzene rings is 1. The molecule has 21 heavy (non-hydrogen) atoms. The van der Waals surface area contributed by atoms with E-state index in [9.17, 15) is 14.7 Å². The smallest absolute Gasteiger partial charge is 0.417 e. The molecule has 1 aliphatic carbocycles. The van der Waals surface area contributed by atoms with Gasteiger partial charge in [0.2, 0.25) is 5.91 Å². The highest BCUT2D eigenvalue weighted by atomic mass is 35.5. The third-order valence-electron chi connectivity index (χ3n) is 4.10. The summed E-state index contributed by atoms with van der Waals surface area (Å²) in [7, 11) is 0. The van der Waals surface area contributed by atoms with Crippen molar-refractivity contribution in [1.29, 1.82) is 0 Å². The van der Waals surface area contributed by atoms with Gasteiger partial charge in [-0.2, -0.15) is 0 Å². The predicted octanol–water partition coefficient (Wildman–Crippen LogP) is 3.00. The van der Waals surface area contributed by atoms with Crippen LogP contribution in [0.1, 0.15) is 24.9 Å². The van der Waals surface area contributed by atoms with Gasteiger partial charge in [0, 0.05) is 0 Å². The minimum absolute atomic E-state index is 0.0724. The van der Waals surface area contributed by atoms with E-state index in [1.165, 1.54) is 12.1 Å². The fraction of sp³-hybridized carbons (Fsp3) is 0.429. The van der Waals surface area contributed by atoms with Crippen LogP contribution in [0.3, 0.4) is 0 Å². The molecule has 0 unspecified atom stereocenters. The molecule has 0 bridgehead atoms. The molecule has 2 aliphatic rings. The van der Waals surface area contributed by atoms with E-state index in [-0.39, 0.29) is 12.4 Å². The molecule has 1 aromatic rings. The van der Waals surface area contributed by atoms with Crippen LogP contribution in [0.2, 0.25) is 0 Å². The number of halogens is 2. The second kappa shape index (κ2) is 4.52. The summed E-state index contributed by atoms with van der Waals surface area (Å²) in [6.07, 6.45) is -0.399. The minimum Gasteiger partial charge on any atom is -0.508 e. The number of rotatable bonds is 2. The molecule has 5 nitrogen and oxygen atoms in total.